The second-order valence-corrected chi connectivity index (χ2v) is 21.7. The van der Waals surface area contributed by atoms with E-state index in [4.69, 9.17) is 28.4 Å². The van der Waals surface area contributed by atoms with Gasteiger partial charge in [-0.2, -0.15) is 0 Å². The van der Waals surface area contributed by atoms with Crippen LogP contribution in [0.25, 0.3) is 0 Å². The molecule has 3 heterocycles. The number of carbonyl (C=O) groups is 5. The number of esters is 1. The van der Waals surface area contributed by atoms with Crippen molar-refractivity contribution >= 4 is 29.2 Å². The van der Waals surface area contributed by atoms with Gasteiger partial charge in [0.1, 0.15) is 36.4 Å². The van der Waals surface area contributed by atoms with Crippen LogP contribution in [0.1, 0.15) is 138 Å². The van der Waals surface area contributed by atoms with Crippen LogP contribution in [0.2, 0.25) is 0 Å². The molecule has 4 aliphatic rings. The molecular formula is C57H92N2O15. The van der Waals surface area contributed by atoms with Gasteiger partial charge in [0.25, 0.3) is 11.7 Å². The summed E-state index contributed by atoms with van der Waals surface area (Å²) in [6, 6.07) is -1.17. The molecule has 5 N–H and O–H groups in total. The fourth-order valence-corrected chi connectivity index (χ4v) is 11.1. The number of carbonyl (C=O) groups excluding carboxylic acids is 5. The lowest BCUT2D eigenvalue weighted by Gasteiger charge is -2.43. The van der Waals surface area contributed by atoms with Crippen LogP contribution in [-0.4, -0.2) is 163 Å². The number of aliphatic hydroxyl groups excluding tert-OH is 3. The molecule has 4 rings (SSSR count). The topological polar surface area (TPSA) is 237 Å². The molecule has 0 radical (unpaired) electrons. The Morgan fingerprint density at radius 2 is 1.62 bits per heavy atom. The molecule has 3 fully saturated rings. The average molecular weight is 1050 g/mol. The predicted octanol–water partition coefficient (Wildman–Crippen LogP) is 5.89. The van der Waals surface area contributed by atoms with E-state index in [9.17, 15) is 44.4 Å². The van der Waals surface area contributed by atoms with Crippen LogP contribution < -0.4 is 5.32 Å². The van der Waals surface area contributed by atoms with Crippen LogP contribution in [0.5, 0.6) is 0 Å². The first-order valence-electron chi connectivity index (χ1n) is 27.3. The lowest BCUT2D eigenvalue weighted by Crippen LogP contribution is -2.61. The first-order chi connectivity index (χ1) is 35.2. The number of hydrogen-bond acceptors (Lipinski definition) is 16. The predicted molar refractivity (Wildman–Crippen MR) is 279 cm³/mol. The van der Waals surface area contributed by atoms with Crippen molar-refractivity contribution in [1.29, 1.82) is 0 Å². The van der Waals surface area contributed by atoms with E-state index in [1.807, 2.05) is 58.1 Å². The van der Waals surface area contributed by atoms with Crippen LogP contribution in [0.15, 0.2) is 47.6 Å². The number of rotatable bonds is 14. The van der Waals surface area contributed by atoms with Crippen molar-refractivity contribution in [1.82, 2.24) is 10.2 Å². The molecule has 2 saturated heterocycles. The summed E-state index contributed by atoms with van der Waals surface area (Å²) in [5.74, 6) is -8.23. The summed E-state index contributed by atoms with van der Waals surface area (Å²) in [5, 5.41) is 46.0. The Labute approximate surface area is 440 Å². The van der Waals surface area contributed by atoms with E-state index in [1.165, 1.54) is 12.0 Å². The number of allylic oxidation sites excluding steroid dienone is 6. The number of methoxy groups -OCH3 is 2. The Hall–Kier alpha value is -3.49. The third-order valence-corrected chi connectivity index (χ3v) is 15.9. The number of piperidine rings is 1. The molecule has 16 atom stereocenters. The van der Waals surface area contributed by atoms with Gasteiger partial charge in [-0.25, -0.2) is 4.79 Å². The van der Waals surface area contributed by atoms with Gasteiger partial charge in [-0.05, 0) is 127 Å². The lowest BCUT2D eigenvalue weighted by atomic mass is 9.78. The minimum atomic E-state index is -2.49. The summed E-state index contributed by atoms with van der Waals surface area (Å²) < 4.78 is 36.3. The van der Waals surface area contributed by atoms with Gasteiger partial charge in [0.05, 0.1) is 37.6 Å². The number of hydrogen-bond donors (Lipinski definition) is 5. The van der Waals surface area contributed by atoms with E-state index >= 15 is 0 Å². The number of nitrogens with zero attached hydrogens (tertiary/aromatic N) is 1. The zero-order valence-corrected chi connectivity index (χ0v) is 46.1. The van der Waals surface area contributed by atoms with E-state index in [0.717, 1.165) is 12.0 Å². The maximum Gasteiger partial charge on any atom is 0.329 e. The average Bonchev–Trinajstić information content (AvgIpc) is 3.38. The van der Waals surface area contributed by atoms with Gasteiger partial charge >= 0.3 is 5.97 Å². The number of ketones is 3. The van der Waals surface area contributed by atoms with E-state index in [1.54, 1.807) is 41.0 Å². The molecule has 17 heteroatoms. The van der Waals surface area contributed by atoms with E-state index in [2.05, 4.69) is 5.32 Å². The second-order valence-electron chi connectivity index (χ2n) is 21.7. The SMILES string of the molecule is CNC(O)CCCO[C@H]1C[C@@H]2CC[C@@H](C)[C@@](O)(O2)C(=O)C(=O)N2CCCC[C@H]2C(=O)OC([C@H](C)CC2CC[C@@H](OCCO)[C@H](OC)C2)CC(=O)[C@H](C)/C=C(\C)[C@@H](O)[C@@H](OC)C(=O)[C@H](C)C[C@H](C)/C=C/C=CC=C1C. The maximum absolute atomic E-state index is 14.6. The van der Waals surface area contributed by atoms with Gasteiger partial charge in [-0.3, -0.25) is 24.5 Å². The molecule has 1 amide bonds. The van der Waals surface area contributed by atoms with Gasteiger partial charge < -0.3 is 53.7 Å². The molecule has 420 valence electrons. The molecular weight excluding hydrogens is 953 g/mol. The monoisotopic (exact) mass is 1040 g/mol. The minimum absolute atomic E-state index is 0.0145. The van der Waals surface area contributed by atoms with E-state index in [-0.39, 0.29) is 80.5 Å². The summed E-state index contributed by atoms with van der Waals surface area (Å²) in [5.41, 5.74) is 1.22. The summed E-state index contributed by atoms with van der Waals surface area (Å²) in [4.78, 5) is 72.8. The molecule has 3 unspecified atom stereocenters. The first-order valence-corrected chi connectivity index (χ1v) is 27.3. The van der Waals surface area contributed by atoms with E-state index < -0.39 is 84.0 Å². The van der Waals surface area contributed by atoms with Crippen LogP contribution in [-0.2, 0) is 52.4 Å². The molecule has 0 aromatic heterocycles. The van der Waals surface area contributed by atoms with Crippen LogP contribution in [0, 0.1) is 35.5 Å². The number of ether oxygens (including phenoxy) is 6. The second kappa shape index (κ2) is 31.0. The molecule has 74 heavy (non-hydrogen) atoms. The molecule has 1 aliphatic carbocycles. The smallest absolute Gasteiger partial charge is 0.329 e. The van der Waals surface area contributed by atoms with Crippen LogP contribution >= 0.6 is 0 Å². The highest BCUT2D eigenvalue weighted by molar-refractivity contribution is 6.39. The zero-order chi connectivity index (χ0) is 54.7. The van der Waals surface area contributed by atoms with E-state index in [0.29, 0.717) is 76.4 Å². The fraction of sp³-hybridized carbons (Fsp3) is 0.772. The van der Waals surface area contributed by atoms with Crippen molar-refractivity contribution in [2.45, 2.75) is 199 Å². The molecule has 3 aliphatic heterocycles. The number of aliphatic hydroxyl groups is 4. The maximum atomic E-state index is 14.6. The largest absolute Gasteiger partial charge is 0.460 e. The molecule has 0 aromatic carbocycles. The molecule has 0 spiro atoms. The number of amides is 1. The van der Waals surface area contributed by atoms with Crippen molar-refractivity contribution in [3.8, 4) is 0 Å². The van der Waals surface area contributed by atoms with Gasteiger partial charge in [0.2, 0.25) is 5.79 Å². The summed E-state index contributed by atoms with van der Waals surface area (Å²) in [6.07, 6.45) is 11.8. The number of cyclic esters (lactones) is 1. The minimum Gasteiger partial charge on any atom is -0.460 e. The molecule has 0 aromatic rings. The number of nitrogens with one attached hydrogen (secondary N) is 1. The third-order valence-electron chi connectivity index (χ3n) is 15.9. The quantitative estimate of drug-likeness (QED) is 0.0449. The normalized spacial score (nSPS) is 36.3. The molecule has 17 nitrogen and oxygen atoms in total. The Balaban J connectivity index is 1.71. The van der Waals surface area contributed by atoms with Gasteiger partial charge in [-0.15, -0.1) is 0 Å². The Morgan fingerprint density at radius 3 is 2.31 bits per heavy atom. The van der Waals surface area contributed by atoms with Crippen molar-refractivity contribution in [3.63, 3.8) is 0 Å². The van der Waals surface area contributed by atoms with Crippen LogP contribution in [0.4, 0.5) is 0 Å². The Morgan fingerprint density at radius 1 is 0.878 bits per heavy atom. The van der Waals surface area contributed by atoms with Crippen molar-refractivity contribution in [3.05, 3.63) is 47.6 Å². The van der Waals surface area contributed by atoms with Gasteiger partial charge in [0, 0.05) is 58.0 Å². The summed E-state index contributed by atoms with van der Waals surface area (Å²) in [7, 11) is 4.67. The highest BCUT2D eigenvalue weighted by Gasteiger charge is 2.53. The summed E-state index contributed by atoms with van der Waals surface area (Å²) in [6.45, 7) is 13.1. The standard InChI is InChI=1S/C57H92N2O15/c1-35-17-12-11-13-18-36(2)47(71-27-16-20-50(62)58-8)33-43-23-21-41(7)57(68,74-43)54(65)55(66)59-25-15-14-19-44(59)56(67)73-48(38(4)31-42-22-24-46(72-28-26-60)49(32-42)69-9)34-45(61)37(3)30-40(6)52(64)53(70-10)51(63)39(5)29-35/h11-13,17-18,30,35,37-39,41-44,46-50,52-53,58,60,62,64,68H,14-16,19-29,31-34H2,1-10H3/b13-11?,17-12+,36-18?,40-30+/t35-,37-,38-,39-,41-,42?,43+,44+,46-,47+,48?,49-,50?,52-,53+,57-/m1/s1. The molecule has 1 saturated carbocycles. The summed E-state index contributed by atoms with van der Waals surface area (Å²) >= 11 is 0. The Bertz CT molecular complexity index is 1940. The van der Waals surface area contributed by atoms with Crippen molar-refractivity contribution in [2.75, 3.05) is 47.6 Å². The van der Waals surface area contributed by atoms with Crippen LogP contribution in [0.3, 0.4) is 0 Å². The highest BCUT2D eigenvalue weighted by atomic mass is 16.6. The Kier molecular flexibility index (Phi) is 26.5. The fourth-order valence-electron chi connectivity index (χ4n) is 11.1. The lowest BCUT2D eigenvalue weighted by molar-refractivity contribution is -0.266. The first kappa shape index (κ1) is 63.0. The highest BCUT2D eigenvalue weighted by Crippen LogP contribution is 2.38. The molecule has 2 bridgehead atoms. The number of fused-ring (bicyclic) bond motifs is 3. The van der Waals surface area contributed by atoms with Gasteiger partial charge in [-0.1, -0.05) is 71.1 Å². The van der Waals surface area contributed by atoms with Crippen molar-refractivity contribution < 1.29 is 72.8 Å². The number of Topliss-reactive ketones (excluding diaryl/α,β-unsaturated/α-hetero) is 3. The van der Waals surface area contributed by atoms with Crippen molar-refractivity contribution in [2.24, 2.45) is 35.5 Å². The van der Waals surface area contributed by atoms with Gasteiger partial charge in [0.15, 0.2) is 5.78 Å². The third kappa shape index (κ3) is 18.1. The zero-order valence-electron chi connectivity index (χ0n) is 46.1.